The average molecular weight is 490 g/mol. The van der Waals surface area contributed by atoms with Crippen LogP contribution in [0.1, 0.15) is 6.42 Å². The number of hydrogen-bond donors (Lipinski definition) is 0. The number of carbonyl (C=O) groups is 1. The number of ether oxygens (including phenoxy) is 1. The van der Waals surface area contributed by atoms with Gasteiger partial charge in [-0.2, -0.15) is 48.2 Å². The fourth-order valence-corrected chi connectivity index (χ4v) is 1.64. The molecule has 0 spiro atoms. The number of halogens is 12. The largest absolute Gasteiger partial charge is 1.00 e. The third-order valence-electron chi connectivity index (χ3n) is 2.82. The van der Waals surface area contributed by atoms with Gasteiger partial charge in [0.2, 0.25) is 0 Å². The van der Waals surface area contributed by atoms with Crippen LogP contribution in [0.5, 0.6) is 0 Å². The van der Waals surface area contributed by atoms with E-state index in [1.165, 1.54) is 0 Å². The minimum absolute atomic E-state index is 0. The smallest absolute Gasteiger partial charge is 0.691 e. The van der Waals surface area contributed by atoms with Gasteiger partial charge in [0, 0.05) is 17.8 Å². The minimum atomic E-state index is -7.69. The summed E-state index contributed by atoms with van der Waals surface area (Å²) >= 11 is 0.0888. The van der Waals surface area contributed by atoms with Gasteiger partial charge in [-0.25, -0.2) is 8.78 Å². The third-order valence-corrected chi connectivity index (χ3v) is 3.34. The van der Waals surface area contributed by atoms with Crippen LogP contribution in [-0.4, -0.2) is 54.4 Å². The van der Waals surface area contributed by atoms with Crippen molar-refractivity contribution in [1.82, 2.24) is 0 Å². The molecule has 0 aromatic carbocycles. The van der Waals surface area contributed by atoms with E-state index in [0.717, 1.165) is 0 Å². The van der Waals surface area contributed by atoms with Gasteiger partial charge in [0.05, 0.1) is 6.42 Å². The quantitative estimate of drug-likeness (QED) is 0.0743. The molecule has 0 radical (unpaired) electrons. The number of alkyl halides is 12. The first-order valence-electron chi connectivity index (χ1n) is 6.31. The van der Waals surface area contributed by atoms with Crippen molar-refractivity contribution >= 4 is 18.0 Å². The maximum absolute atomic E-state index is 13.3. The van der Waals surface area contributed by atoms with Crippen molar-refractivity contribution in [2.45, 2.75) is 42.5 Å². The van der Waals surface area contributed by atoms with Gasteiger partial charge >= 0.3 is 71.6 Å². The van der Waals surface area contributed by atoms with Crippen molar-refractivity contribution in [1.29, 1.82) is 0 Å². The summed E-state index contributed by atoms with van der Waals surface area (Å²) in [5, 5.41) is 12.1. The molecule has 168 valence electrons. The fourth-order valence-electron chi connectivity index (χ4n) is 1.29. The summed E-state index contributed by atoms with van der Waals surface area (Å²) in [6.07, 6.45) is -6.57. The molecule has 0 N–H and O–H groups in total. The molecule has 0 aliphatic rings. The summed E-state index contributed by atoms with van der Waals surface area (Å²) in [6.45, 7) is -2.99. The Morgan fingerprint density at radius 3 is 1.79 bits per heavy atom. The van der Waals surface area contributed by atoms with E-state index in [1.807, 2.05) is 0 Å². The molecule has 0 unspecified atom stereocenters. The monoisotopic (exact) mass is 490 g/mol. The molecule has 0 atom stereocenters. The van der Waals surface area contributed by atoms with Crippen LogP contribution in [0.15, 0.2) is 0 Å². The van der Waals surface area contributed by atoms with Gasteiger partial charge < -0.3 is 9.99 Å². The molecule has 0 aromatic rings. The number of rotatable bonds is 12. The molecule has 0 amide bonds. The Morgan fingerprint density at radius 2 is 1.38 bits per heavy atom. The number of hydrogen-bond acceptors (Lipinski definition) is 6. The van der Waals surface area contributed by atoms with Crippen LogP contribution in [0.25, 0.3) is 0 Å². The van der Waals surface area contributed by atoms with Crippen molar-refractivity contribution < 1.29 is 106 Å². The van der Waals surface area contributed by atoms with Gasteiger partial charge in [-0.15, -0.1) is 0 Å². The van der Waals surface area contributed by atoms with Crippen LogP contribution in [0.2, 0.25) is 0 Å². The SMILES string of the molecule is O=C(CCSOO[O-])OCC(F)(F)C(F)(F)C(F)(F)C(F)(F)C(F)(F)C(F)F.[Na+]. The Morgan fingerprint density at radius 1 is 0.897 bits per heavy atom. The van der Waals surface area contributed by atoms with Gasteiger partial charge in [0.25, 0.3) is 0 Å². The zero-order valence-corrected chi connectivity index (χ0v) is 16.5. The van der Waals surface area contributed by atoms with Crippen LogP contribution >= 0.6 is 12.0 Å². The first-order valence-corrected chi connectivity index (χ1v) is 7.22. The van der Waals surface area contributed by atoms with Crippen LogP contribution < -0.4 is 34.8 Å². The summed E-state index contributed by atoms with van der Waals surface area (Å²) in [7, 11) is 0. The molecule has 5 nitrogen and oxygen atoms in total. The molecule has 0 saturated carbocycles. The van der Waals surface area contributed by atoms with Crippen molar-refractivity contribution in [2.75, 3.05) is 12.4 Å². The van der Waals surface area contributed by atoms with E-state index in [0.29, 0.717) is 0 Å². The molecule has 0 rings (SSSR count). The molecule has 0 heterocycles. The summed E-state index contributed by atoms with van der Waals surface area (Å²) in [5.41, 5.74) is 0. The van der Waals surface area contributed by atoms with E-state index in [9.17, 15) is 62.7 Å². The van der Waals surface area contributed by atoms with Crippen molar-refractivity contribution in [3.05, 3.63) is 0 Å². The van der Waals surface area contributed by atoms with E-state index in [4.69, 9.17) is 0 Å². The van der Waals surface area contributed by atoms with Crippen LogP contribution in [0, 0.1) is 0 Å². The Hall–Kier alpha value is -0.140. The molecule has 0 aliphatic heterocycles. The minimum Gasteiger partial charge on any atom is -0.691 e. The van der Waals surface area contributed by atoms with Gasteiger partial charge in [-0.3, -0.25) is 9.83 Å². The van der Waals surface area contributed by atoms with Gasteiger partial charge in [0.1, 0.15) is 0 Å². The van der Waals surface area contributed by atoms with Gasteiger partial charge in [-0.1, -0.05) is 0 Å². The van der Waals surface area contributed by atoms with Gasteiger partial charge in [0.15, 0.2) is 6.61 Å². The predicted octanol–water partition coefficient (Wildman–Crippen LogP) is 0.237. The third kappa shape index (κ3) is 6.42. The number of carbonyl (C=O) groups excluding carboxylic acids is 1. The number of esters is 1. The molecule has 0 aromatic heterocycles. The second kappa shape index (κ2) is 10.9. The summed E-state index contributed by atoms with van der Waals surface area (Å²) in [5.74, 6) is -38.5. The molecule has 29 heavy (non-hydrogen) atoms. The zero-order valence-electron chi connectivity index (χ0n) is 13.7. The van der Waals surface area contributed by atoms with Crippen molar-refractivity contribution in [3.63, 3.8) is 0 Å². The summed E-state index contributed by atoms with van der Waals surface area (Å²) in [6, 6.07) is 0. The maximum atomic E-state index is 13.3. The van der Waals surface area contributed by atoms with Crippen LogP contribution in [0.4, 0.5) is 52.7 Å². The van der Waals surface area contributed by atoms with Crippen LogP contribution in [0.3, 0.4) is 0 Å². The fraction of sp³-hybridized carbons (Fsp3) is 0.900. The van der Waals surface area contributed by atoms with Crippen molar-refractivity contribution in [3.8, 4) is 0 Å². The van der Waals surface area contributed by atoms with E-state index in [2.05, 4.69) is 14.1 Å². The van der Waals surface area contributed by atoms with E-state index in [1.54, 1.807) is 0 Å². The molecular formula is C10H7F12NaO5S. The first kappa shape index (κ1) is 31.0. The molecular weight excluding hydrogens is 483 g/mol. The average Bonchev–Trinajstić information content (AvgIpc) is 2.56. The molecule has 0 aliphatic carbocycles. The standard InChI is InChI=1S/C10H8F12O5S.Na/c11-5(12)7(15,16)9(19,20)10(21,22)8(17,18)6(13,14)3-25-4(23)1-2-28-27-26-24;/h5,24H,1-3H2;/q;+1/p-1. The van der Waals surface area contributed by atoms with Crippen LogP contribution in [-0.2, 0) is 18.9 Å². The second-order valence-corrected chi connectivity index (χ2v) is 5.50. The van der Waals surface area contributed by atoms with E-state index >= 15 is 0 Å². The van der Waals surface area contributed by atoms with E-state index in [-0.39, 0.29) is 41.6 Å². The van der Waals surface area contributed by atoms with Gasteiger partial charge in [-0.05, 0) is 0 Å². The first-order chi connectivity index (χ1) is 12.4. The Bertz CT molecular complexity index is 535. The van der Waals surface area contributed by atoms with Crippen molar-refractivity contribution in [2.24, 2.45) is 0 Å². The zero-order chi connectivity index (χ0) is 22.6. The topological polar surface area (TPSA) is 67.8 Å². The normalized spacial score (nSPS) is 14.0. The molecule has 0 fully saturated rings. The summed E-state index contributed by atoms with van der Waals surface area (Å²) < 4.78 is 161. The van der Waals surface area contributed by atoms with E-state index < -0.39 is 60.8 Å². The molecule has 0 bridgehead atoms. The predicted molar refractivity (Wildman–Crippen MR) is 60.9 cm³/mol. The Kier molecular flexibility index (Phi) is 11.7. The second-order valence-electron chi connectivity index (χ2n) is 4.72. The Labute approximate surface area is 179 Å². The summed E-state index contributed by atoms with van der Waals surface area (Å²) in [4.78, 5) is 10.9. The molecule has 0 saturated heterocycles. The molecule has 19 heteroatoms. The maximum Gasteiger partial charge on any atom is 1.00 e. The Balaban J connectivity index is 0.